The van der Waals surface area contributed by atoms with Gasteiger partial charge in [0.05, 0.1) is 23.6 Å². The first-order valence-corrected chi connectivity index (χ1v) is 11.3. The maximum atomic E-state index is 13.3. The molecular weight excluding hydrogens is 428 g/mol. The summed E-state index contributed by atoms with van der Waals surface area (Å²) >= 11 is 6.07. The molecule has 160 valence electrons. The molecule has 0 unspecified atom stereocenters. The number of benzene rings is 2. The lowest BCUT2D eigenvalue weighted by molar-refractivity contribution is -0.148. The molecule has 0 saturated carbocycles. The van der Waals surface area contributed by atoms with Crippen LogP contribution in [-0.2, 0) is 24.3 Å². The van der Waals surface area contributed by atoms with Crippen molar-refractivity contribution >= 4 is 39.2 Å². The van der Waals surface area contributed by atoms with Gasteiger partial charge in [-0.25, -0.2) is 8.42 Å². The standard InChI is InChI=1S/C21H23ClN2O5S/c1-29-21(26)16-10-12-23(13-11-16)20(25)15-24(18-7-5-6-17(22)14-18)30(27,28)19-8-3-2-4-9-19/h2-9,14,16H,10-13,15H2,1H3. The minimum absolute atomic E-state index is 0.0853. The Morgan fingerprint density at radius 1 is 1.10 bits per heavy atom. The zero-order valence-electron chi connectivity index (χ0n) is 16.5. The Balaban J connectivity index is 1.83. The number of halogens is 1. The molecule has 3 rings (SSSR count). The molecule has 1 aliphatic rings. The van der Waals surface area contributed by atoms with Crippen molar-refractivity contribution in [2.45, 2.75) is 17.7 Å². The molecule has 0 atom stereocenters. The average Bonchev–Trinajstić information content (AvgIpc) is 2.77. The second kappa shape index (κ2) is 9.49. The SMILES string of the molecule is COC(=O)C1CCN(C(=O)CN(c2cccc(Cl)c2)S(=O)(=O)c2ccccc2)CC1. The van der Waals surface area contributed by atoms with Crippen molar-refractivity contribution in [2.24, 2.45) is 5.92 Å². The number of nitrogens with zero attached hydrogens (tertiary/aromatic N) is 2. The first-order valence-electron chi connectivity index (χ1n) is 9.52. The normalized spacial score (nSPS) is 14.9. The maximum Gasteiger partial charge on any atom is 0.308 e. The van der Waals surface area contributed by atoms with E-state index in [1.807, 2.05) is 0 Å². The van der Waals surface area contributed by atoms with Gasteiger partial charge < -0.3 is 9.64 Å². The molecule has 0 bridgehead atoms. The number of ether oxygens (including phenoxy) is 1. The van der Waals surface area contributed by atoms with Crippen molar-refractivity contribution in [1.82, 2.24) is 4.90 Å². The van der Waals surface area contributed by atoms with Crippen LogP contribution in [0.2, 0.25) is 5.02 Å². The highest BCUT2D eigenvalue weighted by Gasteiger charge is 2.32. The van der Waals surface area contributed by atoms with Crippen LogP contribution in [0.4, 0.5) is 5.69 Å². The van der Waals surface area contributed by atoms with E-state index >= 15 is 0 Å². The Bertz CT molecular complexity index is 1010. The maximum absolute atomic E-state index is 13.3. The number of amides is 1. The predicted molar refractivity (Wildman–Crippen MR) is 114 cm³/mol. The van der Waals surface area contributed by atoms with Crippen LogP contribution >= 0.6 is 11.6 Å². The molecule has 7 nitrogen and oxygen atoms in total. The van der Waals surface area contributed by atoms with Gasteiger partial charge in [-0.05, 0) is 43.2 Å². The molecule has 9 heteroatoms. The molecule has 1 amide bonds. The Morgan fingerprint density at radius 3 is 2.37 bits per heavy atom. The summed E-state index contributed by atoms with van der Waals surface area (Å²) in [5.41, 5.74) is 0.309. The van der Waals surface area contributed by atoms with Crippen LogP contribution in [0, 0.1) is 5.92 Å². The first kappa shape index (κ1) is 22.1. The fraction of sp³-hybridized carbons (Fsp3) is 0.333. The van der Waals surface area contributed by atoms with E-state index in [4.69, 9.17) is 16.3 Å². The largest absolute Gasteiger partial charge is 0.469 e. The van der Waals surface area contributed by atoms with Gasteiger partial charge in [0.15, 0.2) is 0 Å². The van der Waals surface area contributed by atoms with Crippen molar-refractivity contribution < 1.29 is 22.7 Å². The molecule has 0 N–H and O–H groups in total. The van der Waals surface area contributed by atoms with E-state index in [9.17, 15) is 18.0 Å². The van der Waals surface area contributed by atoms with E-state index < -0.39 is 10.0 Å². The second-order valence-electron chi connectivity index (χ2n) is 6.98. The van der Waals surface area contributed by atoms with E-state index in [0.29, 0.717) is 36.6 Å². The predicted octanol–water partition coefficient (Wildman–Crippen LogP) is 2.95. The number of methoxy groups -OCH3 is 1. The van der Waals surface area contributed by atoms with Gasteiger partial charge in [-0.1, -0.05) is 35.9 Å². The molecular formula is C21H23ClN2O5S. The van der Waals surface area contributed by atoms with Gasteiger partial charge in [0, 0.05) is 18.1 Å². The van der Waals surface area contributed by atoms with Gasteiger partial charge in [0.2, 0.25) is 5.91 Å². The second-order valence-corrected chi connectivity index (χ2v) is 9.28. The van der Waals surface area contributed by atoms with E-state index in [1.165, 1.54) is 25.3 Å². The van der Waals surface area contributed by atoms with Crippen molar-refractivity contribution in [2.75, 3.05) is 31.0 Å². The van der Waals surface area contributed by atoms with Crippen LogP contribution in [-0.4, -0.2) is 51.9 Å². The van der Waals surface area contributed by atoms with Crippen LogP contribution in [0.3, 0.4) is 0 Å². The first-order chi connectivity index (χ1) is 14.3. The monoisotopic (exact) mass is 450 g/mol. The number of esters is 1. The van der Waals surface area contributed by atoms with Crippen LogP contribution in [0.25, 0.3) is 0 Å². The summed E-state index contributed by atoms with van der Waals surface area (Å²) in [6, 6.07) is 14.3. The number of piperidine rings is 1. The zero-order valence-corrected chi connectivity index (χ0v) is 18.1. The summed E-state index contributed by atoms with van der Waals surface area (Å²) in [6.07, 6.45) is 0.974. The van der Waals surface area contributed by atoms with E-state index in [-0.39, 0.29) is 29.2 Å². The third kappa shape index (κ3) is 4.94. The summed E-state index contributed by atoms with van der Waals surface area (Å²) in [5, 5.41) is 0.368. The Hall–Kier alpha value is -2.58. The number of sulfonamides is 1. The van der Waals surface area contributed by atoms with Crippen molar-refractivity contribution in [3.63, 3.8) is 0 Å². The average molecular weight is 451 g/mol. The van der Waals surface area contributed by atoms with Crippen molar-refractivity contribution in [3.8, 4) is 0 Å². The van der Waals surface area contributed by atoms with Crippen LogP contribution in [0.5, 0.6) is 0 Å². The summed E-state index contributed by atoms with van der Waals surface area (Å²) in [6.45, 7) is 0.376. The summed E-state index contributed by atoms with van der Waals surface area (Å²) in [4.78, 5) is 26.3. The molecule has 30 heavy (non-hydrogen) atoms. The Morgan fingerprint density at radius 2 is 1.77 bits per heavy atom. The molecule has 2 aromatic rings. The minimum Gasteiger partial charge on any atom is -0.469 e. The van der Waals surface area contributed by atoms with E-state index in [0.717, 1.165) is 4.31 Å². The number of carbonyl (C=O) groups excluding carboxylic acids is 2. The van der Waals surface area contributed by atoms with Crippen LogP contribution < -0.4 is 4.31 Å². The van der Waals surface area contributed by atoms with Crippen LogP contribution in [0.15, 0.2) is 59.5 Å². The molecule has 0 spiro atoms. The minimum atomic E-state index is -3.98. The fourth-order valence-corrected chi connectivity index (χ4v) is 5.03. The number of hydrogen-bond acceptors (Lipinski definition) is 5. The van der Waals surface area contributed by atoms with Gasteiger partial charge in [0.25, 0.3) is 10.0 Å². The van der Waals surface area contributed by atoms with Gasteiger partial charge in [0.1, 0.15) is 6.54 Å². The zero-order chi connectivity index (χ0) is 21.7. The number of carbonyl (C=O) groups is 2. The highest BCUT2D eigenvalue weighted by molar-refractivity contribution is 7.92. The lowest BCUT2D eigenvalue weighted by Crippen LogP contribution is -2.46. The van der Waals surface area contributed by atoms with Crippen molar-refractivity contribution in [3.05, 3.63) is 59.6 Å². The Kier molecular flexibility index (Phi) is 6.99. The summed E-state index contributed by atoms with van der Waals surface area (Å²) in [5.74, 6) is -0.858. The van der Waals surface area contributed by atoms with Crippen molar-refractivity contribution in [1.29, 1.82) is 0 Å². The van der Waals surface area contributed by atoms with E-state index in [1.54, 1.807) is 41.3 Å². The highest BCUT2D eigenvalue weighted by atomic mass is 35.5. The smallest absolute Gasteiger partial charge is 0.308 e. The topological polar surface area (TPSA) is 84.0 Å². The fourth-order valence-electron chi connectivity index (χ4n) is 3.42. The molecule has 1 heterocycles. The summed E-state index contributed by atoms with van der Waals surface area (Å²) in [7, 11) is -2.64. The molecule has 0 aliphatic carbocycles. The van der Waals surface area contributed by atoms with Gasteiger partial charge in [-0.3, -0.25) is 13.9 Å². The lowest BCUT2D eigenvalue weighted by atomic mass is 9.97. The van der Waals surface area contributed by atoms with E-state index in [2.05, 4.69) is 0 Å². The molecule has 1 aliphatic heterocycles. The third-order valence-corrected chi connectivity index (χ3v) is 7.11. The molecule has 2 aromatic carbocycles. The number of rotatable bonds is 6. The number of anilines is 1. The lowest BCUT2D eigenvalue weighted by Gasteiger charge is -2.33. The summed E-state index contributed by atoms with van der Waals surface area (Å²) < 4.78 is 32.4. The molecule has 0 aromatic heterocycles. The van der Waals surface area contributed by atoms with Crippen LogP contribution in [0.1, 0.15) is 12.8 Å². The van der Waals surface area contributed by atoms with Gasteiger partial charge in [-0.2, -0.15) is 0 Å². The molecule has 0 radical (unpaired) electrons. The highest BCUT2D eigenvalue weighted by Crippen LogP contribution is 2.27. The number of likely N-dealkylation sites (tertiary alicyclic amines) is 1. The molecule has 1 saturated heterocycles. The van der Waals surface area contributed by atoms with Gasteiger partial charge in [-0.15, -0.1) is 0 Å². The number of hydrogen-bond donors (Lipinski definition) is 0. The quantitative estimate of drug-likeness (QED) is 0.632. The van der Waals surface area contributed by atoms with Gasteiger partial charge >= 0.3 is 5.97 Å². The molecule has 1 fully saturated rings. The third-order valence-electron chi connectivity index (χ3n) is 5.09. The Labute approximate surface area is 181 Å².